The predicted octanol–water partition coefficient (Wildman–Crippen LogP) is 1.63. The number of hydrogen-bond donors (Lipinski definition) is 1. The normalized spacial score (nSPS) is 10.4. The Bertz CT molecular complexity index is 429. The molecule has 0 bridgehead atoms. The summed E-state index contributed by atoms with van der Waals surface area (Å²) in [6.07, 6.45) is 0. The Morgan fingerprint density at radius 1 is 1.26 bits per heavy atom. The highest BCUT2D eigenvalue weighted by atomic mass is 16.2. The Morgan fingerprint density at radius 2 is 1.95 bits per heavy atom. The van der Waals surface area contributed by atoms with Crippen LogP contribution in [-0.4, -0.2) is 45.0 Å². The van der Waals surface area contributed by atoms with Crippen LogP contribution in [0.4, 0.5) is 5.69 Å². The highest BCUT2D eigenvalue weighted by Gasteiger charge is 2.11. The Labute approximate surface area is 116 Å². The lowest BCUT2D eigenvalue weighted by atomic mass is 10.1. The minimum Gasteiger partial charge on any atom is -0.365 e. The van der Waals surface area contributed by atoms with Crippen LogP contribution in [0.1, 0.15) is 18.1 Å². The Balaban J connectivity index is 2.75. The molecule has 19 heavy (non-hydrogen) atoms. The maximum absolute atomic E-state index is 11.7. The Hall–Kier alpha value is -1.55. The average Bonchev–Trinajstić information content (AvgIpc) is 2.35. The Kier molecular flexibility index (Phi) is 5.83. The van der Waals surface area contributed by atoms with Gasteiger partial charge in [-0.25, -0.2) is 0 Å². The number of nitrogens with zero attached hydrogens (tertiary/aromatic N) is 2. The van der Waals surface area contributed by atoms with Gasteiger partial charge in [0.1, 0.15) is 0 Å². The van der Waals surface area contributed by atoms with Crippen LogP contribution in [0.3, 0.4) is 0 Å². The lowest BCUT2D eigenvalue weighted by Gasteiger charge is -2.23. The van der Waals surface area contributed by atoms with E-state index in [4.69, 9.17) is 0 Å². The van der Waals surface area contributed by atoms with Gasteiger partial charge in [-0.15, -0.1) is 0 Å². The van der Waals surface area contributed by atoms with Gasteiger partial charge in [-0.1, -0.05) is 19.1 Å². The standard InChI is InChI=1S/C15H25N3O/c1-6-16-10-13-7-8-14(12(2)9-13)18(5)11-15(19)17(3)4/h7-9,16H,6,10-11H2,1-5H3. The molecule has 1 aromatic carbocycles. The molecule has 0 aromatic heterocycles. The quantitative estimate of drug-likeness (QED) is 0.847. The van der Waals surface area contributed by atoms with Gasteiger partial charge >= 0.3 is 0 Å². The summed E-state index contributed by atoms with van der Waals surface area (Å²) >= 11 is 0. The molecule has 106 valence electrons. The smallest absolute Gasteiger partial charge is 0.241 e. The largest absolute Gasteiger partial charge is 0.365 e. The van der Waals surface area contributed by atoms with E-state index in [1.807, 2.05) is 11.9 Å². The molecule has 0 heterocycles. The lowest BCUT2D eigenvalue weighted by molar-refractivity contribution is -0.127. The molecule has 4 nitrogen and oxygen atoms in total. The fourth-order valence-corrected chi connectivity index (χ4v) is 1.95. The monoisotopic (exact) mass is 263 g/mol. The van der Waals surface area contributed by atoms with Gasteiger partial charge in [0.2, 0.25) is 5.91 Å². The van der Waals surface area contributed by atoms with Crippen molar-refractivity contribution < 1.29 is 4.79 Å². The third kappa shape index (κ3) is 4.56. The van der Waals surface area contributed by atoms with Crippen LogP contribution in [-0.2, 0) is 11.3 Å². The van der Waals surface area contributed by atoms with Crippen LogP contribution in [0.2, 0.25) is 0 Å². The zero-order valence-corrected chi connectivity index (χ0v) is 12.7. The summed E-state index contributed by atoms with van der Waals surface area (Å²) in [5.41, 5.74) is 3.58. The van der Waals surface area contributed by atoms with Crippen LogP contribution in [0.15, 0.2) is 18.2 Å². The fourth-order valence-electron chi connectivity index (χ4n) is 1.95. The van der Waals surface area contributed by atoms with Gasteiger partial charge in [-0.05, 0) is 30.7 Å². The first-order chi connectivity index (χ1) is 8.95. The van der Waals surface area contributed by atoms with Crippen molar-refractivity contribution in [3.05, 3.63) is 29.3 Å². The molecule has 0 spiro atoms. The number of benzene rings is 1. The van der Waals surface area contributed by atoms with E-state index in [0.29, 0.717) is 6.54 Å². The minimum atomic E-state index is 0.110. The number of anilines is 1. The highest BCUT2D eigenvalue weighted by molar-refractivity contribution is 5.81. The molecule has 0 atom stereocenters. The summed E-state index contributed by atoms with van der Waals surface area (Å²) in [4.78, 5) is 15.3. The predicted molar refractivity (Wildman–Crippen MR) is 80.5 cm³/mol. The average molecular weight is 263 g/mol. The molecule has 1 aromatic rings. The molecule has 0 radical (unpaired) electrons. The van der Waals surface area contributed by atoms with Crippen molar-refractivity contribution in [1.82, 2.24) is 10.2 Å². The van der Waals surface area contributed by atoms with E-state index in [1.165, 1.54) is 11.1 Å². The minimum absolute atomic E-state index is 0.110. The molecule has 0 unspecified atom stereocenters. The van der Waals surface area contributed by atoms with Crippen molar-refractivity contribution in [3.63, 3.8) is 0 Å². The number of likely N-dealkylation sites (N-methyl/N-ethyl adjacent to an activating group) is 2. The molecule has 0 saturated carbocycles. The molecule has 0 aliphatic rings. The molecule has 1 amide bonds. The third-order valence-corrected chi connectivity index (χ3v) is 3.12. The number of amides is 1. The van der Waals surface area contributed by atoms with Crippen LogP contribution in [0, 0.1) is 6.92 Å². The first-order valence-electron chi connectivity index (χ1n) is 6.67. The summed E-state index contributed by atoms with van der Waals surface area (Å²) in [5, 5.41) is 3.31. The van der Waals surface area contributed by atoms with Crippen molar-refractivity contribution in [2.24, 2.45) is 0 Å². The zero-order valence-electron chi connectivity index (χ0n) is 12.7. The van der Waals surface area contributed by atoms with Crippen molar-refractivity contribution in [2.45, 2.75) is 20.4 Å². The number of carbonyl (C=O) groups excluding carboxylic acids is 1. The van der Waals surface area contributed by atoms with E-state index in [-0.39, 0.29) is 5.91 Å². The molecule has 0 saturated heterocycles. The molecular weight excluding hydrogens is 238 g/mol. The topological polar surface area (TPSA) is 35.6 Å². The summed E-state index contributed by atoms with van der Waals surface area (Å²) in [6.45, 7) is 6.44. The van der Waals surface area contributed by atoms with Gasteiger partial charge in [-0.3, -0.25) is 4.79 Å². The number of hydrogen-bond acceptors (Lipinski definition) is 3. The summed E-state index contributed by atoms with van der Waals surface area (Å²) in [5.74, 6) is 0.110. The fraction of sp³-hybridized carbons (Fsp3) is 0.533. The van der Waals surface area contributed by atoms with Gasteiger partial charge < -0.3 is 15.1 Å². The van der Waals surface area contributed by atoms with E-state index in [9.17, 15) is 4.79 Å². The van der Waals surface area contributed by atoms with Crippen LogP contribution >= 0.6 is 0 Å². The second-order valence-corrected chi connectivity index (χ2v) is 5.05. The SMILES string of the molecule is CCNCc1ccc(N(C)CC(=O)N(C)C)c(C)c1. The van der Waals surface area contributed by atoms with E-state index in [2.05, 4.69) is 37.4 Å². The van der Waals surface area contributed by atoms with Gasteiger partial charge in [0.15, 0.2) is 0 Å². The van der Waals surface area contributed by atoms with Crippen LogP contribution in [0.25, 0.3) is 0 Å². The van der Waals surface area contributed by atoms with E-state index < -0.39 is 0 Å². The van der Waals surface area contributed by atoms with Crippen molar-refractivity contribution in [2.75, 3.05) is 39.1 Å². The second kappa shape index (κ2) is 7.14. The van der Waals surface area contributed by atoms with Gasteiger partial charge in [-0.2, -0.15) is 0 Å². The Morgan fingerprint density at radius 3 is 2.47 bits per heavy atom. The third-order valence-electron chi connectivity index (χ3n) is 3.12. The zero-order chi connectivity index (χ0) is 14.4. The van der Waals surface area contributed by atoms with Crippen LogP contribution in [0.5, 0.6) is 0 Å². The maximum atomic E-state index is 11.7. The van der Waals surface area contributed by atoms with Crippen molar-refractivity contribution in [3.8, 4) is 0 Å². The number of rotatable bonds is 6. The molecule has 4 heteroatoms. The number of nitrogens with one attached hydrogen (secondary N) is 1. The maximum Gasteiger partial charge on any atom is 0.241 e. The van der Waals surface area contributed by atoms with Crippen molar-refractivity contribution >= 4 is 11.6 Å². The van der Waals surface area contributed by atoms with Crippen LogP contribution < -0.4 is 10.2 Å². The summed E-state index contributed by atoms with van der Waals surface area (Å²) in [6, 6.07) is 6.38. The second-order valence-electron chi connectivity index (χ2n) is 5.05. The summed E-state index contributed by atoms with van der Waals surface area (Å²) < 4.78 is 0. The van der Waals surface area contributed by atoms with Gasteiger partial charge in [0.05, 0.1) is 6.54 Å². The van der Waals surface area contributed by atoms with E-state index in [0.717, 1.165) is 18.8 Å². The van der Waals surface area contributed by atoms with Gasteiger partial charge in [0.25, 0.3) is 0 Å². The molecule has 0 aliphatic heterocycles. The van der Waals surface area contributed by atoms with Gasteiger partial charge in [0, 0.05) is 33.4 Å². The molecule has 0 fully saturated rings. The molecular formula is C15H25N3O. The number of carbonyl (C=O) groups is 1. The molecule has 0 aliphatic carbocycles. The van der Waals surface area contributed by atoms with E-state index >= 15 is 0 Å². The molecule has 1 rings (SSSR count). The lowest BCUT2D eigenvalue weighted by Crippen LogP contribution is -2.34. The molecule has 1 N–H and O–H groups in total. The first kappa shape index (κ1) is 15.5. The highest BCUT2D eigenvalue weighted by Crippen LogP contribution is 2.20. The summed E-state index contributed by atoms with van der Waals surface area (Å²) in [7, 11) is 5.51. The van der Waals surface area contributed by atoms with Crippen molar-refractivity contribution in [1.29, 1.82) is 0 Å². The first-order valence-corrected chi connectivity index (χ1v) is 6.67. The van der Waals surface area contributed by atoms with E-state index in [1.54, 1.807) is 19.0 Å². The number of aryl methyl sites for hydroxylation is 1.